The topological polar surface area (TPSA) is 49.2 Å². The van der Waals surface area contributed by atoms with Crippen molar-refractivity contribution in [2.24, 2.45) is 0 Å². The minimum Gasteiger partial charge on any atom is -0.393 e. The Morgan fingerprint density at radius 2 is 2.21 bits per heavy atom. The molecule has 0 bridgehead atoms. The third-order valence-electron chi connectivity index (χ3n) is 2.57. The molecule has 1 atom stereocenters. The normalized spacial score (nSPS) is 23.2. The van der Waals surface area contributed by atoms with E-state index in [1.54, 1.807) is 18.6 Å². The molecule has 0 radical (unpaired) electrons. The minimum atomic E-state index is -0.142. The van der Waals surface area contributed by atoms with E-state index in [-0.39, 0.29) is 6.10 Å². The van der Waals surface area contributed by atoms with E-state index in [1.807, 2.05) is 0 Å². The van der Waals surface area contributed by atoms with Crippen molar-refractivity contribution < 1.29 is 5.11 Å². The van der Waals surface area contributed by atoms with Crippen LogP contribution >= 0.6 is 0 Å². The smallest absolute Gasteiger partial charge is 0.147 e. The molecular formula is C10H15N3O. The first kappa shape index (κ1) is 9.40. The molecule has 4 nitrogen and oxygen atoms in total. The molecule has 0 saturated carbocycles. The molecule has 1 N–H and O–H groups in total. The molecule has 0 spiro atoms. The lowest BCUT2D eigenvalue weighted by molar-refractivity contribution is 0.161. The number of rotatable bonds is 1. The number of anilines is 1. The second-order valence-electron chi connectivity index (χ2n) is 3.64. The Morgan fingerprint density at radius 3 is 3.00 bits per heavy atom. The van der Waals surface area contributed by atoms with Crippen LogP contribution in [0.1, 0.15) is 19.3 Å². The van der Waals surface area contributed by atoms with Gasteiger partial charge in [-0.3, -0.25) is 4.98 Å². The molecule has 0 amide bonds. The van der Waals surface area contributed by atoms with Crippen LogP contribution in [0.2, 0.25) is 0 Å². The van der Waals surface area contributed by atoms with Gasteiger partial charge in [0.2, 0.25) is 0 Å². The molecule has 1 aromatic rings. The molecule has 1 aromatic heterocycles. The van der Waals surface area contributed by atoms with Crippen molar-refractivity contribution in [1.82, 2.24) is 9.97 Å². The highest BCUT2D eigenvalue weighted by molar-refractivity contribution is 5.34. The molecule has 0 aliphatic carbocycles. The fourth-order valence-electron chi connectivity index (χ4n) is 1.76. The lowest BCUT2D eigenvalue weighted by Crippen LogP contribution is -2.25. The van der Waals surface area contributed by atoms with Crippen LogP contribution in [0.3, 0.4) is 0 Å². The van der Waals surface area contributed by atoms with Gasteiger partial charge in [-0.1, -0.05) is 0 Å². The first-order chi connectivity index (χ1) is 6.86. The van der Waals surface area contributed by atoms with Crippen molar-refractivity contribution in [3.8, 4) is 0 Å². The van der Waals surface area contributed by atoms with Gasteiger partial charge in [0.1, 0.15) is 5.82 Å². The second kappa shape index (κ2) is 4.37. The number of nitrogens with zero attached hydrogens (tertiary/aromatic N) is 3. The summed E-state index contributed by atoms with van der Waals surface area (Å²) >= 11 is 0. The molecule has 2 heterocycles. The summed E-state index contributed by atoms with van der Waals surface area (Å²) < 4.78 is 0. The maximum atomic E-state index is 9.49. The zero-order valence-electron chi connectivity index (χ0n) is 8.13. The van der Waals surface area contributed by atoms with E-state index >= 15 is 0 Å². The fourth-order valence-corrected chi connectivity index (χ4v) is 1.76. The Hall–Kier alpha value is -1.16. The van der Waals surface area contributed by atoms with Crippen molar-refractivity contribution in [1.29, 1.82) is 0 Å². The highest BCUT2D eigenvalue weighted by Crippen LogP contribution is 2.15. The molecule has 76 valence electrons. The van der Waals surface area contributed by atoms with E-state index in [0.717, 1.165) is 38.2 Å². The predicted molar refractivity (Wildman–Crippen MR) is 54.1 cm³/mol. The Kier molecular flexibility index (Phi) is 2.93. The molecule has 1 saturated heterocycles. The zero-order valence-corrected chi connectivity index (χ0v) is 8.13. The Balaban J connectivity index is 2.04. The van der Waals surface area contributed by atoms with Gasteiger partial charge in [0.15, 0.2) is 0 Å². The summed E-state index contributed by atoms with van der Waals surface area (Å²) in [6, 6.07) is 0. The summed E-state index contributed by atoms with van der Waals surface area (Å²) in [5.74, 6) is 0.918. The second-order valence-corrected chi connectivity index (χ2v) is 3.64. The van der Waals surface area contributed by atoms with Crippen molar-refractivity contribution in [3.05, 3.63) is 18.6 Å². The third-order valence-corrected chi connectivity index (χ3v) is 2.57. The Labute approximate surface area is 83.6 Å². The average molecular weight is 193 g/mol. The molecule has 0 aromatic carbocycles. The van der Waals surface area contributed by atoms with Crippen LogP contribution in [0, 0.1) is 0 Å². The number of aliphatic hydroxyl groups is 1. The lowest BCUT2D eigenvalue weighted by atomic mass is 10.2. The molecular weight excluding hydrogens is 178 g/mol. The van der Waals surface area contributed by atoms with Crippen LogP contribution in [0.15, 0.2) is 18.6 Å². The predicted octanol–water partition coefficient (Wildman–Crippen LogP) is 0.828. The number of hydrogen-bond donors (Lipinski definition) is 1. The lowest BCUT2D eigenvalue weighted by Gasteiger charge is -2.20. The van der Waals surface area contributed by atoms with Crippen LogP contribution in [0.5, 0.6) is 0 Å². The largest absolute Gasteiger partial charge is 0.393 e. The Bertz CT molecular complexity index is 278. The number of hydrogen-bond acceptors (Lipinski definition) is 4. The third kappa shape index (κ3) is 2.20. The van der Waals surface area contributed by atoms with Gasteiger partial charge in [-0.25, -0.2) is 4.98 Å². The van der Waals surface area contributed by atoms with Gasteiger partial charge in [0.05, 0.1) is 12.3 Å². The highest BCUT2D eigenvalue weighted by Gasteiger charge is 2.15. The van der Waals surface area contributed by atoms with E-state index in [1.165, 1.54) is 0 Å². The summed E-state index contributed by atoms with van der Waals surface area (Å²) in [6.45, 7) is 1.84. The zero-order chi connectivity index (χ0) is 9.80. The highest BCUT2D eigenvalue weighted by atomic mass is 16.3. The molecule has 1 unspecified atom stereocenters. The number of aromatic nitrogens is 2. The van der Waals surface area contributed by atoms with Gasteiger partial charge in [-0.05, 0) is 19.3 Å². The van der Waals surface area contributed by atoms with Crippen LogP contribution in [0.4, 0.5) is 5.82 Å². The summed E-state index contributed by atoms with van der Waals surface area (Å²) in [6.07, 6.45) is 7.77. The maximum absolute atomic E-state index is 9.49. The summed E-state index contributed by atoms with van der Waals surface area (Å²) in [5, 5.41) is 9.49. The van der Waals surface area contributed by atoms with Gasteiger partial charge in [0.25, 0.3) is 0 Å². The molecule has 1 aliphatic rings. The SMILES string of the molecule is OC1CCCN(c2cnccn2)CC1. The molecule has 1 aliphatic heterocycles. The molecule has 14 heavy (non-hydrogen) atoms. The van der Waals surface area contributed by atoms with E-state index < -0.39 is 0 Å². The van der Waals surface area contributed by atoms with Crippen molar-refractivity contribution in [2.45, 2.75) is 25.4 Å². The quantitative estimate of drug-likeness (QED) is 0.717. The van der Waals surface area contributed by atoms with Gasteiger partial charge < -0.3 is 10.0 Å². The first-order valence-electron chi connectivity index (χ1n) is 5.05. The van der Waals surface area contributed by atoms with Crippen molar-refractivity contribution >= 4 is 5.82 Å². The standard InChI is InChI=1S/C10H15N3O/c14-9-2-1-6-13(7-3-9)10-8-11-4-5-12-10/h4-5,8-9,14H,1-3,6-7H2. The average Bonchev–Trinajstić information content (AvgIpc) is 2.44. The maximum Gasteiger partial charge on any atom is 0.147 e. The van der Waals surface area contributed by atoms with E-state index in [9.17, 15) is 5.11 Å². The van der Waals surface area contributed by atoms with Gasteiger partial charge in [-0.15, -0.1) is 0 Å². The molecule has 1 fully saturated rings. The van der Waals surface area contributed by atoms with Crippen LogP contribution in [0.25, 0.3) is 0 Å². The first-order valence-corrected chi connectivity index (χ1v) is 5.05. The summed E-state index contributed by atoms with van der Waals surface area (Å²) in [4.78, 5) is 10.5. The monoisotopic (exact) mass is 193 g/mol. The molecule has 4 heteroatoms. The van der Waals surface area contributed by atoms with Crippen molar-refractivity contribution in [2.75, 3.05) is 18.0 Å². The van der Waals surface area contributed by atoms with Gasteiger partial charge >= 0.3 is 0 Å². The Morgan fingerprint density at radius 1 is 1.29 bits per heavy atom. The van der Waals surface area contributed by atoms with Crippen LogP contribution in [-0.4, -0.2) is 34.3 Å². The van der Waals surface area contributed by atoms with Gasteiger partial charge in [0, 0.05) is 25.5 Å². The van der Waals surface area contributed by atoms with Crippen molar-refractivity contribution in [3.63, 3.8) is 0 Å². The molecule has 2 rings (SSSR count). The van der Waals surface area contributed by atoms with Crippen LogP contribution < -0.4 is 4.90 Å². The minimum absolute atomic E-state index is 0.142. The van der Waals surface area contributed by atoms with E-state index in [4.69, 9.17) is 0 Å². The summed E-state index contributed by atoms with van der Waals surface area (Å²) in [5.41, 5.74) is 0. The van der Waals surface area contributed by atoms with E-state index in [2.05, 4.69) is 14.9 Å². The summed E-state index contributed by atoms with van der Waals surface area (Å²) in [7, 11) is 0. The van der Waals surface area contributed by atoms with E-state index in [0.29, 0.717) is 0 Å². The fraction of sp³-hybridized carbons (Fsp3) is 0.600. The number of aliphatic hydroxyl groups excluding tert-OH is 1. The van der Waals surface area contributed by atoms with Crippen LogP contribution in [-0.2, 0) is 0 Å². The van der Waals surface area contributed by atoms with Gasteiger partial charge in [-0.2, -0.15) is 0 Å².